The Morgan fingerprint density at radius 1 is 0.964 bits per heavy atom. The fourth-order valence-electron chi connectivity index (χ4n) is 2.48. The number of hydrazone groups is 1. The summed E-state index contributed by atoms with van der Waals surface area (Å²) in [5.74, 6) is 1.36. The smallest absolute Gasteiger partial charge is 0.286 e. The molecule has 0 radical (unpaired) electrons. The second-order valence-corrected chi connectivity index (χ2v) is 7.42. The Balaban J connectivity index is 1.70. The molecule has 2 aromatic carbocycles. The second-order valence-electron chi connectivity index (χ2n) is 5.74. The van der Waals surface area contributed by atoms with Gasteiger partial charge >= 0.3 is 0 Å². The van der Waals surface area contributed by atoms with E-state index in [2.05, 4.69) is 5.10 Å². The quantitative estimate of drug-likeness (QED) is 0.374. The summed E-state index contributed by atoms with van der Waals surface area (Å²) >= 11 is 6.55. The monoisotopic (exact) mass is 412 g/mol. The second kappa shape index (κ2) is 9.52. The summed E-state index contributed by atoms with van der Waals surface area (Å²) < 4.78 is 11.3. The molecular weight excluding hydrogens is 392 g/mol. The van der Waals surface area contributed by atoms with Crippen LogP contribution in [0, 0.1) is 0 Å². The largest absolute Gasteiger partial charge is 0.494 e. The topological polar surface area (TPSA) is 51.1 Å². The van der Waals surface area contributed by atoms with Gasteiger partial charge in [0.05, 0.1) is 24.3 Å². The Hall–Kier alpha value is -2.64. The van der Waals surface area contributed by atoms with Crippen LogP contribution in [0.15, 0.2) is 58.5 Å². The highest BCUT2D eigenvalue weighted by atomic mass is 32.2. The number of nitrogens with zero attached hydrogens (tertiary/aromatic N) is 2. The summed E-state index contributed by atoms with van der Waals surface area (Å²) in [6.45, 7) is 5.10. The molecule has 0 saturated carbocycles. The van der Waals surface area contributed by atoms with E-state index in [1.807, 2.05) is 62.4 Å². The fourth-order valence-corrected chi connectivity index (χ4v) is 3.65. The molecule has 0 atom stereocenters. The molecule has 3 rings (SSSR count). The molecule has 0 spiro atoms. The van der Waals surface area contributed by atoms with E-state index in [1.165, 1.54) is 16.8 Å². The highest BCUT2D eigenvalue weighted by Crippen LogP contribution is 2.33. The Morgan fingerprint density at radius 2 is 1.50 bits per heavy atom. The predicted octanol–water partition coefficient (Wildman–Crippen LogP) is 4.72. The molecule has 144 valence electrons. The first kappa shape index (κ1) is 20.1. The maximum absolute atomic E-state index is 12.6. The highest BCUT2D eigenvalue weighted by molar-refractivity contribution is 8.26. The molecule has 2 aromatic rings. The molecule has 5 nitrogen and oxygen atoms in total. The third-order valence-electron chi connectivity index (χ3n) is 3.78. The molecule has 1 fully saturated rings. The Kier molecular flexibility index (Phi) is 6.84. The summed E-state index contributed by atoms with van der Waals surface area (Å²) in [7, 11) is 0. The van der Waals surface area contributed by atoms with Gasteiger partial charge in [-0.1, -0.05) is 23.9 Å². The van der Waals surface area contributed by atoms with Crippen molar-refractivity contribution in [2.24, 2.45) is 5.10 Å². The number of hydrogen-bond donors (Lipinski definition) is 0. The minimum atomic E-state index is -0.230. The fraction of sp³-hybridized carbons (Fsp3) is 0.190. The normalized spacial score (nSPS) is 15.6. The van der Waals surface area contributed by atoms with Crippen LogP contribution in [0.5, 0.6) is 11.5 Å². The molecular formula is C21H20N2O3S2. The number of hydrogen-bond acceptors (Lipinski definition) is 6. The third-order valence-corrected chi connectivity index (χ3v) is 5.06. The Bertz CT molecular complexity index is 906. The van der Waals surface area contributed by atoms with Gasteiger partial charge in [0.25, 0.3) is 5.91 Å². The van der Waals surface area contributed by atoms with Gasteiger partial charge in [-0.3, -0.25) is 4.79 Å². The van der Waals surface area contributed by atoms with Crippen LogP contribution in [0.25, 0.3) is 6.08 Å². The molecule has 28 heavy (non-hydrogen) atoms. The van der Waals surface area contributed by atoms with E-state index in [9.17, 15) is 4.79 Å². The van der Waals surface area contributed by atoms with Crippen molar-refractivity contribution in [2.75, 3.05) is 13.2 Å². The molecule has 0 unspecified atom stereocenters. The minimum absolute atomic E-state index is 0.230. The van der Waals surface area contributed by atoms with E-state index in [0.29, 0.717) is 22.4 Å². The summed E-state index contributed by atoms with van der Waals surface area (Å²) in [5, 5.41) is 5.50. The number of thioether (sulfide) groups is 1. The molecule has 0 N–H and O–H groups in total. The van der Waals surface area contributed by atoms with Crippen molar-refractivity contribution >= 4 is 46.5 Å². The van der Waals surface area contributed by atoms with Crippen molar-refractivity contribution in [3.63, 3.8) is 0 Å². The molecule has 7 heteroatoms. The number of thiocarbonyl (C=S) groups is 1. The molecule has 1 saturated heterocycles. The van der Waals surface area contributed by atoms with E-state index in [0.717, 1.165) is 22.6 Å². The van der Waals surface area contributed by atoms with Crippen LogP contribution in [0.2, 0.25) is 0 Å². The van der Waals surface area contributed by atoms with Gasteiger partial charge in [-0.05, 0) is 79.7 Å². The first-order valence-electron chi connectivity index (χ1n) is 8.88. The van der Waals surface area contributed by atoms with Crippen LogP contribution >= 0.6 is 24.0 Å². The lowest BCUT2D eigenvalue weighted by molar-refractivity contribution is -0.122. The number of benzene rings is 2. The van der Waals surface area contributed by atoms with Crippen LogP contribution in [-0.4, -0.2) is 34.7 Å². The minimum Gasteiger partial charge on any atom is -0.494 e. The van der Waals surface area contributed by atoms with Gasteiger partial charge < -0.3 is 9.47 Å². The third kappa shape index (κ3) is 4.99. The van der Waals surface area contributed by atoms with Gasteiger partial charge in [0.15, 0.2) is 4.32 Å². The van der Waals surface area contributed by atoms with Crippen molar-refractivity contribution < 1.29 is 14.3 Å². The van der Waals surface area contributed by atoms with Crippen molar-refractivity contribution in [3.8, 4) is 11.5 Å². The lowest BCUT2D eigenvalue weighted by Crippen LogP contribution is -2.22. The average molecular weight is 413 g/mol. The summed E-state index contributed by atoms with van der Waals surface area (Å²) in [6.07, 6.45) is 3.42. The average Bonchev–Trinajstić information content (AvgIpc) is 2.96. The predicted molar refractivity (Wildman–Crippen MR) is 118 cm³/mol. The lowest BCUT2D eigenvalue weighted by atomic mass is 10.2. The number of carbonyl (C=O) groups is 1. The zero-order valence-electron chi connectivity index (χ0n) is 15.6. The number of ether oxygens (including phenoxy) is 2. The Morgan fingerprint density at radius 3 is 2.04 bits per heavy atom. The maximum Gasteiger partial charge on any atom is 0.286 e. The van der Waals surface area contributed by atoms with E-state index in [4.69, 9.17) is 21.7 Å². The van der Waals surface area contributed by atoms with Crippen LogP contribution in [0.4, 0.5) is 0 Å². The number of amides is 1. The molecule has 1 aliphatic rings. The zero-order valence-corrected chi connectivity index (χ0v) is 17.3. The molecule has 1 aliphatic heterocycles. The van der Waals surface area contributed by atoms with Gasteiger partial charge in [-0.2, -0.15) is 10.1 Å². The summed E-state index contributed by atoms with van der Waals surface area (Å²) in [4.78, 5) is 13.2. The maximum atomic E-state index is 12.6. The SMILES string of the molecule is CCOc1ccc(C=NN2C(=O)C(=Cc3ccc(OCC)cc3)SC2=S)cc1. The van der Waals surface area contributed by atoms with Crippen LogP contribution < -0.4 is 9.47 Å². The van der Waals surface area contributed by atoms with E-state index in [-0.39, 0.29) is 5.91 Å². The van der Waals surface area contributed by atoms with Crippen molar-refractivity contribution in [1.82, 2.24) is 5.01 Å². The van der Waals surface area contributed by atoms with Gasteiger partial charge in [0.1, 0.15) is 11.5 Å². The van der Waals surface area contributed by atoms with E-state index in [1.54, 1.807) is 12.3 Å². The number of carbonyl (C=O) groups excluding carboxylic acids is 1. The van der Waals surface area contributed by atoms with Crippen LogP contribution in [0.3, 0.4) is 0 Å². The van der Waals surface area contributed by atoms with Gasteiger partial charge in [-0.25, -0.2) is 0 Å². The van der Waals surface area contributed by atoms with E-state index < -0.39 is 0 Å². The molecule has 0 aliphatic carbocycles. The van der Waals surface area contributed by atoms with Crippen LogP contribution in [-0.2, 0) is 4.79 Å². The first-order valence-corrected chi connectivity index (χ1v) is 10.1. The number of rotatable bonds is 7. The standard InChI is InChI=1S/C21H20N2O3S2/c1-3-25-17-9-5-15(6-10-17)13-19-20(24)23(21(27)28-19)22-14-16-7-11-18(12-8-16)26-4-2/h5-14H,3-4H2,1-2H3. The zero-order chi connectivity index (χ0) is 19.9. The van der Waals surface area contributed by atoms with Gasteiger partial charge in [0, 0.05) is 0 Å². The van der Waals surface area contributed by atoms with E-state index >= 15 is 0 Å². The molecule has 0 bridgehead atoms. The molecule has 1 heterocycles. The summed E-state index contributed by atoms with van der Waals surface area (Å²) in [6, 6.07) is 15.0. The molecule has 0 aromatic heterocycles. The van der Waals surface area contributed by atoms with Gasteiger partial charge in [0.2, 0.25) is 0 Å². The van der Waals surface area contributed by atoms with Gasteiger partial charge in [-0.15, -0.1) is 0 Å². The first-order chi connectivity index (χ1) is 13.6. The van der Waals surface area contributed by atoms with Crippen LogP contribution in [0.1, 0.15) is 25.0 Å². The highest BCUT2D eigenvalue weighted by Gasteiger charge is 2.32. The van der Waals surface area contributed by atoms with Crippen molar-refractivity contribution in [3.05, 3.63) is 64.6 Å². The Labute approximate surface area is 174 Å². The summed E-state index contributed by atoms with van der Waals surface area (Å²) in [5.41, 5.74) is 1.76. The molecule has 1 amide bonds. The van der Waals surface area contributed by atoms with Crippen molar-refractivity contribution in [1.29, 1.82) is 0 Å². The lowest BCUT2D eigenvalue weighted by Gasteiger charge is -2.06. The van der Waals surface area contributed by atoms with Crippen molar-refractivity contribution in [2.45, 2.75) is 13.8 Å².